The van der Waals surface area contributed by atoms with Crippen LogP contribution < -0.4 is 17.0 Å². The molecule has 6 heterocycles. The summed E-state index contributed by atoms with van der Waals surface area (Å²) in [5, 5.41) is 0. The van der Waals surface area contributed by atoms with Crippen LogP contribution in [0.4, 0.5) is 16.2 Å². The maximum absolute atomic E-state index is 15.9. The Hall–Kier alpha value is -3.43. The third kappa shape index (κ3) is 5.84. The molecule has 7 N–H and O–H groups in total. The van der Waals surface area contributed by atoms with Gasteiger partial charge in [0.15, 0.2) is 35.0 Å². The minimum atomic E-state index is -5.07. The molecule has 0 amide bonds. The van der Waals surface area contributed by atoms with Gasteiger partial charge in [0, 0.05) is 13.0 Å². The highest BCUT2D eigenvalue weighted by Crippen LogP contribution is 2.57. The number of fused-ring (bicyclic) bond motifs is 4. The second-order valence-electron chi connectivity index (χ2n) is 11.3. The number of alkyl halides is 1. The lowest BCUT2D eigenvalue weighted by atomic mass is 10.0. The maximum atomic E-state index is 15.9. The quantitative estimate of drug-likeness (QED) is 0.134. The highest BCUT2D eigenvalue weighted by Gasteiger charge is 2.55. The number of nitrogen functional groups attached to an aromatic ring is 2. The number of rotatable bonds is 11. The highest BCUT2D eigenvalue weighted by molar-refractivity contribution is 7.47. The Morgan fingerprint density at radius 1 is 1.09 bits per heavy atom. The predicted molar refractivity (Wildman–Crippen MR) is 155 cm³/mol. The molecule has 3 aliphatic rings. The van der Waals surface area contributed by atoms with Crippen LogP contribution in [0.15, 0.2) is 23.8 Å². The summed E-state index contributed by atoms with van der Waals surface area (Å²) in [7, 11) is -8.72. The first-order valence-electron chi connectivity index (χ1n) is 14.1. The van der Waals surface area contributed by atoms with Crippen molar-refractivity contribution in [2.45, 2.75) is 55.7 Å². The van der Waals surface area contributed by atoms with Crippen molar-refractivity contribution in [2.75, 3.05) is 31.8 Å². The van der Waals surface area contributed by atoms with Crippen LogP contribution in [0.1, 0.15) is 31.7 Å². The molecule has 9 atom stereocenters. The molecule has 21 nitrogen and oxygen atoms in total. The van der Waals surface area contributed by atoms with Gasteiger partial charge in [-0.05, 0) is 19.3 Å². The summed E-state index contributed by atoms with van der Waals surface area (Å²) in [4.78, 5) is 55.5. The fourth-order valence-corrected chi connectivity index (χ4v) is 7.67. The molecular weight excluding hydrogens is 673 g/mol. The van der Waals surface area contributed by atoms with E-state index in [9.17, 15) is 23.7 Å². The van der Waals surface area contributed by atoms with Crippen molar-refractivity contribution in [2.24, 2.45) is 5.92 Å². The van der Waals surface area contributed by atoms with Crippen LogP contribution in [0.25, 0.3) is 22.3 Å². The van der Waals surface area contributed by atoms with Crippen molar-refractivity contribution in [3.63, 3.8) is 0 Å². The number of phosphoric ester groups is 2. The molecule has 1 saturated carbocycles. The topological polar surface area (TPSA) is 289 Å². The molecule has 1 aliphatic carbocycles. The molecular formula is C23H29FN10O11P2. The Balaban J connectivity index is 1.10. The van der Waals surface area contributed by atoms with Gasteiger partial charge in [-0.2, -0.15) is 4.98 Å². The Bertz CT molecular complexity index is 1990. The van der Waals surface area contributed by atoms with Crippen LogP contribution in [-0.2, 0) is 36.7 Å². The Kier molecular flexibility index (Phi) is 7.94. The van der Waals surface area contributed by atoms with Crippen molar-refractivity contribution in [1.82, 2.24) is 39.0 Å². The molecule has 2 aliphatic heterocycles. The zero-order valence-electron chi connectivity index (χ0n) is 24.4. The SMILES string of the molecule is COP(=O)(O)OC[C@H]1O[C@@H](n2cnc3c(=O)[nH]c(N)nc32)[C@H](OP(=O)(O)OC[C@]23CC[C@H](C2)[C@H](n2cnc4c(N)ncnc42)O3)[C@@H]1F. The largest absolute Gasteiger partial charge is 0.472 e. The molecule has 0 radical (unpaired) electrons. The number of aromatic amines is 1. The van der Waals surface area contributed by atoms with E-state index in [0.29, 0.717) is 30.4 Å². The summed E-state index contributed by atoms with van der Waals surface area (Å²) >= 11 is 0. The van der Waals surface area contributed by atoms with Crippen molar-refractivity contribution in [3.8, 4) is 0 Å². The van der Waals surface area contributed by atoms with E-state index in [2.05, 4.69) is 34.4 Å². The number of halogens is 1. The number of anilines is 2. The van der Waals surface area contributed by atoms with Gasteiger partial charge in [-0.1, -0.05) is 0 Å². The first-order valence-corrected chi connectivity index (χ1v) is 17.1. The number of phosphoric acid groups is 2. The summed E-state index contributed by atoms with van der Waals surface area (Å²) in [6.45, 7) is -1.21. The Morgan fingerprint density at radius 2 is 1.83 bits per heavy atom. The van der Waals surface area contributed by atoms with Crippen molar-refractivity contribution < 1.29 is 50.9 Å². The van der Waals surface area contributed by atoms with Crippen molar-refractivity contribution >= 4 is 49.7 Å². The smallest absolute Gasteiger partial charge is 0.382 e. The normalized spacial score (nSPS) is 31.5. The van der Waals surface area contributed by atoms with Crippen LogP contribution in [0.5, 0.6) is 0 Å². The van der Waals surface area contributed by atoms with Crippen molar-refractivity contribution in [3.05, 3.63) is 29.3 Å². The summed E-state index contributed by atoms with van der Waals surface area (Å²) < 4.78 is 75.8. The summed E-state index contributed by atoms with van der Waals surface area (Å²) in [6.07, 6.45) is -2.25. The maximum Gasteiger partial charge on any atom is 0.472 e. The first kappa shape index (κ1) is 32.1. The molecule has 4 aromatic heterocycles. The predicted octanol–water partition coefficient (Wildman–Crippen LogP) is 0.693. The van der Waals surface area contributed by atoms with Crippen LogP contribution in [0, 0.1) is 5.92 Å². The molecule has 24 heteroatoms. The summed E-state index contributed by atoms with van der Waals surface area (Å²) in [6, 6.07) is 0. The second kappa shape index (κ2) is 11.6. The summed E-state index contributed by atoms with van der Waals surface area (Å²) in [5.41, 5.74) is 10.4. The third-order valence-corrected chi connectivity index (χ3v) is 10.3. The number of imidazole rings is 2. The minimum Gasteiger partial charge on any atom is -0.382 e. The number of nitrogens with zero attached hydrogens (tertiary/aromatic N) is 7. The molecule has 254 valence electrons. The number of nitrogens with one attached hydrogen (secondary N) is 1. The van der Waals surface area contributed by atoms with E-state index in [0.717, 1.165) is 18.0 Å². The third-order valence-electron chi connectivity index (χ3n) is 8.41. The van der Waals surface area contributed by atoms with E-state index in [1.165, 1.54) is 12.7 Å². The van der Waals surface area contributed by atoms with Gasteiger partial charge in [0.1, 0.15) is 30.3 Å². The van der Waals surface area contributed by atoms with E-state index in [1.54, 1.807) is 4.57 Å². The molecule has 7 rings (SSSR count). The van der Waals surface area contributed by atoms with Gasteiger partial charge in [0.25, 0.3) is 5.56 Å². The minimum absolute atomic E-state index is 0.00184. The lowest BCUT2D eigenvalue weighted by molar-refractivity contribution is -0.124. The molecule has 2 saturated heterocycles. The molecule has 4 aromatic rings. The molecule has 2 bridgehead atoms. The number of H-pyrrole nitrogens is 1. The second-order valence-corrected chi connectivity index (χ2v) is 14.3. The van der Waals surface area contributed by atoms with Crippen LogP contribution in [0.3, 0.4) is 0 Å². The van der Waals surface area contributed by atoms with Gasteiger partial charge < -0.3 is 30.7 Å². The average Bonchev–Trinajstić information content (AvgIpc) is 3.85. The average molecular weight is 702 g/mol. The lowest BCUT2D eigenvalue weighted by Gasteiger charge is -2.32. The van der Waals surface area contributed by atoms with E-state index in [4.69, 9.17) is 34.5 Å². The zero-order chi connectivity index (χ0) is 33.3. The molecule has 0 aromatic carbocycles. The Labute approximate surface area is 262 Å². The first-order chi connectivity index (χ1) is 22.3. The number of aromatic nitrogens is 8. The monoisotopic (exact) mass is 702 g/mol. The van der Waals surface area contributed by atoms with Gasteiger partial charge >= 0.3 is 15.6 Å². The van der Waals surface area contributed by atoms with Gasteiger partial charge in [0.05, 0.1) is 31.5 Å². The van der Waals surface area contributed by atoms with E-state index in [1.807, 2.05) is 0 Å². The highest BCUT2D eigenvalue weighted by atomic mass is 31.2. The number of hydrogen-bond donors (Lipinski definition) is 5. The van der Waals surface area contributed by atoms with Crippen LogP contribution >= 0.6 is 15.6 Å². The molecule has 47 heavy (non-hydrogen) atoms. The standard InChI is InChI=1S/C23H29FN10O11P2/c1-40-46(36,37)41-5-11-12(24)15(21(43-11)34-9-30-14-18(34)31-22(26)32-19(14)35)45-47(38,39)42-6-23-3-2-10(4-23)20(44-23)33-8-29-13-16(25)27-7-28-17(13)33/h7-12,15,20-21H,2-6H2,1H3,(H,36,37)(H,38,39)(H2,25,27,28)(H3,26,31,32,35)/t10-,11-,12-,15-,20-,21-,23+/m1/s1. The molecule has 2 unspecified atom stereocenters. The van der Waals surface area contributed by atoms with Gasteiger partial charge in [-0.15, -0.1) is 0 Å². The van der Waals surface area contributed by atoms with Crippen molar-refractivity contribution in [1.29, 1.82) is 0 Å². The number of ether oxygens (including phenoxy) is 2. The molecule has 3 fully saturated rings. The van der Waals surface area contributed by atoms with Gasteiger partial charge in [-0.25, -0.2) is 33.5 Å². The van der Waals surface area contributed by atoms with E-state index >= 15 is 4.39 Å². The van der Waals surface area contributed by atoms with E-state index < -0.39 is 64.2 Å². The van der Waals surface area contributed by atoms with Gasteiger partial charge in [0.2, 0.25) is 5.95 Å². The Morgan fingerprint density at radius 3 is 2.60 bits per heavy atom. The lowest BCUT2D eigenvalue weighted by Crippen LogP contribution is -2.35. The zero-order valence-corrected chi connectivity index (χ0v) is 26.1. The van der Waals surface area contributed by atoms with E-state index in [-0.39, 0.29) is 35.5 Å². The van der Waals surface area contributed by atoms with Crippen LogP contribution in [0.2, 0.25) is 0 Å². The van der Waals surface area contributed by atoms with Crippen LogP contribution in [-0.4, -0.2) is 93.1 Å². The van der Waals surface area contributed by atoms with Gasteiger partial charge in [-0.3, -0.25) is 37.0 Å². The fraction of sp³-hybridized carbons (Fsp3) is 0.565. The fourth-order valence-electron chi connectivity index (χ4n) is 6.24. The molecule has 0 spiro atoms. The summed E-state index contributed by atoms with van der Waals surface area (Å²) in [5.74, 6) is -0.0826. The number of nitrogens with two attached hydrogens (primary N) is 2. The number of hydrogen-bond acceptors (Lipinski definition) is 16.